The first-order valence-electron chi connectivity index (χ1n) is 17.5. The van der Waals surface area contributed by atoms with E-state index in [4.69, 9.17) is 0 Å². The SMILES string of the molecule is CCCCCCCCCCCC(=O)NCC[N+](C)(CCNC(=O)CCCCCCCCCCC)CN1CCCC1=O.[Cl-]. The minimum Gasteiger partial charge on any atom is -1.00 e. The predicted molar refractivity (Wildman–Crippen MR) is 171 cm³/mol. The quantitative estimate of drug-likeness (QED) is 0.103. The Kier molecular flexibility index (Phi) is 26.4. The van der Waals surface area contributed by atoms with Gasteiger partial charge in [-0.25, -0.2) is 0 Å². The van der Waals surface area contributed by atoms with Crippen LogP contribution in [0, 0.1) is 0 Å². The summed E-state index contributed by atoms with van der Waals surface area (Å²) >= 11 is 0. The Morgan fingerprint density at radius 1 is 0.667 bits per heavy atom. The predicted octanol–water partition coefficient (Wildman–Crippen LogP) is 4.09. The van der Waals surface area contributed by atoms with Crippen molar-refractivity contribution in [1.82, 2.24) is 15.5 Å². The van der Waals surface area contributed by atoms with E-state index in [1.54, 1.807) is 0 Å². The Morgan fingerprint density at radius 2 is 1.05 bits per heavy atom. The molecule has 0 aromatic heterocycles. The average molecular weight is 615 g/mol. The van der Waals surface area contributed by atoms with Gasteiger partial charge in [0.1, 0.15) is 0 Å². The fourth-order valence-corrected chi connectivity index (χ4v) is 5.82. The van der Waals surface area contributed by atoms with Gasteiger partial charge in [0.25, 0.3) is 0 Å². The molecule has 3 amide bonds. The summed E-state index contributed by atoms with van der Waals surface area (Å²) in [6.07, 6.45) is 25.3. The standard InChI is InChI=1S/C34H66N4O3.ClH/c1-4-6-8-10-12-14-16-18-20-23-32(39)35-26-29-38(3,31-37-28-22-25-34(37)41)30-27-36-33(40)24-21-19-17-15-13-11-9-7-5-2;/h4-31H2,1-3H3,(H-,35,36,39,40);1H. The summed E-state index contributed by atoms with van der Waals surface area (Å²) in [5, 5.41) is 6.22. The van der Waals surface area contributed by atoms with Crippen molar-refractivity contribution >= 4 is 17.7 Å². The van der Waals surface area contributed by atoms with Crippen LogP contribution < -0.4 is 23.0 Å². The maximum Gasteiger partial charge on any atom is 0.226 e. The molecule has 0 bridgehead atoms. The zero-order valence-electron chi connectivity index (χ0n) is 27.8. The van der Waals surface area contributed by atoms with Crippen molar-refractivity contribution in [3.05, 3.63) is 0 Å². The molecule has 0 saturated carbocycles. The van der Waals surface area contributed by atoms with Crippen molar-refractivity contribution in [2.24, 2.45) is 0 Å². The third-order valence-corrected chi connectivity index (χ3v) is 8.65. The Labute approximate surface area is 265 Å². The molecule has 0 atom stereocenters. The van der Waals surface area contributed by atoms with E-state index in [-0.39, 0.29) is 30.1 Å². The summed E-state index contributed by atoms with van der Waals surface area (Å²) in [6, 6.07) is 0. The van der Waals surface area contributed by atoms with Crippen molar-refractivity contribution < 1.29 is 31.3 Å². The number of carbonyl (C=O) groups is 3. The van der Waals surface area contributed by atoms with Gasteiger partial charge < -0.3 is 27.5 Å². The van der Waals surface area contributed by atoms with Crippen molar-refractivity contribution in [3.8, 4) is 0 Å². The van der Waals surface area contributed by atoms with E-state index in [0.29, 0.717) is 43.5 Å². The third kappa shape index (κ3) is 22.2. The minimum absolute atomic E-state index is 0. The van der Waals surface area contributed by atoms with Crippen molar-refractivity contribution in [1.29, 1.82) is 0 Å². The molecule has 248 valence electrons. The first kappa shape index (κ1) is 40.7. The molecule has 1 aliphatic rings. The van der Waals surface area contributed by atoms with Crippen molar-refractivity contribution in [2.45, 2.75) is 155 Å². The van der Waals surface area contributed by atoms with Crippen LogP contribution in [0.2, 0.25) is 0 Å². The molecule has 0 unspecified atom stereocenters. The number of quaternary nitrogens is 1. The molecule has 42 heavy (non-hydrogen) atoms. The number of unbranched alkanes of at least 4 members (excludes halogenated alkanes) is 16. The number of nitrogens with one attached hydrogen (secondary N) is 2. The topological polar surface area (TPSA) is 78.5 Å². The summed E-state index contributed by atoms with van der Waals surface area (Å²) in [5.41, 5.74) is 0. The largest absolute Gasteiger partial charge is 1.00 e. The molecule has 1 heterocycles. The second kappa shape index (κ2) is 27.2. The monoisotopic (exact) mass is 614 g/mol. The highest BCUT2D eigenvalue weighted by atomic mass is 35.5. The van der Waals surface area contributed by atoms with Gasteiger partial charge in [-0.1, -0.05) is 117 Å². The van der Waals surface area contributed by atoms with Gasteiger partial charge >= 0.3 is 0 Å². The number of nitrogens with zero attached hydrogens (tertiary/aromatic N) is 2. The third-order valence-electron chi connectivity index (χ3n) is 8.65. The number of rotatable bonds is 28. The van der Waals surface area contributed by atoms with E-state index in [0.717, 1.165) is 51.7 Å². The summed E-state index contributed by atoms with van der Waals surface area (Å²) < 4.78 is 0.641. The lowest BCUT2D eigenvalue weighted by atomic mass is 10.1. The molecule has 7 nitrogen and oxygen atoms in total. The van der Waals surface area contributed by atoms with Crippen LogP contribution in [0.3, 0.4) is 0 Å². The molecule has 1 saturated heterocycles. The second-order valence-electron chi connectivity index (χ2n) is 12.8. The van der Waals surface area contributed by atoms with Crippen LogP contribution in [0.15, 0.2) is 0 Å². The Morgan fingerprint density at radius 3 is 1.40 bits per heavy atom. The van der Waals surface area contributed by atoms with E-state index >= 15 is 0 Å². The maximum atomic E-state index is 12.4. The van der Waals surface area contributed by atoms with Gasteiger partial charge in [0.2, 0.25) is 17.7 Å². The van der Waals surface area contributed by atoms with Crippen LogP contribution in [-0.4, -0.2) is 73.5 Å². The second-order valence-corrected chi connectivity index (χ2v) is 12.8. The molecule has 2 N–H and O–H groups in total. The van der Waals surface area contributed by atoms with Gasteiger partial charge in [0, 0.05) is 25.8 Å². The van der Waals surface area contributed by atoms with Crippen LogP contribution in [-0.2, 0) is 14.4 Å². The van der Waals surface area contributed by atoms with Crippen LogP contribution in [0.25, 0.3) is 0 Å². The van der Waals surface area contributed by atoms with Gasteiger partial charge in [0.05, 0.1) is 33.2 Å². The van der Waals surface area contributed by atoms with Gasteiger partial charge in [-0.05, 0) is 19.3 Å². The lowest BCUT2D eigenvalue weighted by molar-refractivity contribution is -0.915. The molecule has 1 aliphatic heterocycles. The fraction of sp³-hybridized carbons (Fsp3) is 0.912. The minimum atomic E-state index is 0. The van der Waals surface area contributed by atoms with Crippen LogP contribution in [0.1, 0.15) is 155 Å². The van der Waals surface area contributed by atoms with E-state index in [1.165, 1.54) is 89.9 Å². The summed E-state index contributed by atoms with van der Waals surface area (Å²) in [6.45, 7) is 8.65. The lowest BCUT2D eigenvalue weighted by Crippen LogP contribution is -3.00. The Hall–Kier alpha value is -1.34. The molecule has 0 aromatic rings. The zero-order chi connectivity index (χ0) is 30.0. The van der Waals surface area contributed by atoms with Gasteiger partial charge in [0.15, 0.2) is 6.67 Å². The van der Waals surface area contributed by atoms with E-state index in [1.807, 2.05) is 4.90 Å². The first-order chi connectivity index (χ1) is 19.9. The van der Waals surface area contributed by atoms with Crippen LogP contribution >= 0.6 is 0 Å². The molecular formula is C34H67ClN4O3. The molecular weight excluding hydrogens is 548 g/mol. The number of hydrogen-bond donors (Lipinski definition) is 2. The number of amides is 3. The maximum absolute atomic E-state index is 12.4. The molecule has 8 heteroatoms. The van der Waals surface area contributed by atoms with Crippen molar-refractivity contribution in [2.75, 3.05) is 46.4 Å². The molecule has 1 rings (SSSR count). The lowest BCUT2D eigenvalue weighted by Gasteiger charge is -2.37. The highest BCUT2D eigenvalue weighted by Crippen LogP contribution is 2.15. The van der Waals surface area contributed by atoms with Gasteiger partial charge in [-0.2, -0.15) is 0 Å². The van der Waals surface area contributed by atoms with Crippen LogP contribution in [0.5, 0.6) is 0 Å². The molecule has 0 radical (unpaired) electrons. The fourth-order valence-electron chi connectivity index (χ4n) is 5.82. The zero-order valence-corrected chi connectivity index (χ0v) is 28.6. The first-order valence-corrected chi connectivity index (χ1v) is 17.5. The number of likely N-dealkylation sites (N-methyl/N-ethyl adjacent to an activating group) is 1. The molecule has 0 spiro atoms. The highest BCUT2D eigenvalue weighted by Gasteiger charge is 2.30. The van der Waals surface area contributed by atoms with Gasteiger partial charge in [-0.15, -0.1) is 0 Å². The summed E-state index contributed by atoms with van der Waals surface area (Å²) in [7, 11) is 2.14. The number of hydrogen-bond acceptors (Lipinski definition) is 3. The van der Waals surface area contributed by atoms with E-state index in [9.17, 15) is 14.4 Å². The molecule has 1 fully saturated rings. The number of likely N-dealkylation sites (tertiary alicyclic amines) is 1. The van der Waals surface area contributed by atoms with Crippen LogP contribution in [0.4, 0.5) is 0 Å². The molecule has 0 aliphatic carbocycles. The van der Waals surface area contributed by atoms with Gasteiger partial charge in [-0.3, -0.25) is 19.3 Å². The smallest absolute Gasteiger partial charge is 0.226 e. The summed E-state index contributed by atoms with van der Waals surface area (Å²) in [5.74, 6) is 0.482. The highest BCUT2D eigenvalue weighted by molar-refractivity contribution is 5.78. The Balaban J connectivity index is 0.0000168. The van der Waals surface area contributed by atoms with Crippen molar-refractivity contribution in [3.63, 3.8) is 0 Å². The molecule has 0 aromatic carbocycles. The summed E-state index contributed by atoms with van der Waals surface area (Å²) in [4.78, 5) is 39.1. The normalized spacial score (nSPS) is 13.3. The average Bonchev–Trinajstić information content (AvgIpc) is 3.34. The van der Waals surface area contributed by atoms with E-state index in [2.05, 4.69) is 31.5 Å². The number of halogens is 1. The van der Waals surface area contributed by atoms with E-state index < -0.39 is 0 Å². The Bertz CT molecular complexity index is 652. The number of carbonyl (C=O) groups excluding carboxylic acids is 3.